The summed E-state index contributed by atoms with van der Waals surface area (Å²) >= 11 is 6.28. The number of aliphatic carboxylic acids is 1. The minimum atomic E-state index is -1.04. The summed E-state index contributed by atoms with van der Waals surface area (Å²) in [6.07, 6.45) is 0.656. The summed E-state index contributed by atoms with van der Waals surface area (Å²) in [7, 11) is 2.94. The average Bonchev–Trinajstić information content (AvgIpc) is 2.40. The van der Waals surface area contributed by atoms with Crippen LogP contribution in [-0.2, 0) is 11.2 Å². The van der Waals surface area contributed by atoms with Crippen molar-refractivity contribution in [2.24, 2.45) is 5.73 Å². The molecule has 3 N–H and O–H groups in total. The number of aryl methyl sites for hydroxylation is 1. The molecular formula is C13H18ClNO4. The van der Waals surface area contributed by atoms with Crippen LogP contribution >= 0.6 is 11.6 Å². The van der Waals surface area contributed by atoms with Gasteiger partial charge in [-0.1, -0.05) is 18.5 Å². The van der Waals surface area contributed by atoms with Crippen LogP contribution in [-0.4, -0.2) is 31.8 Å². The fraction of sp³-hybridized carbons (Fsp3) is 0.462. The summed E-state index contributed by atoms with van der Waals surface area (Å²) in [5.41, 5.74) is 6.72. The van der Waals surface area contributed by atoms with E-state index in [1.807, 2.05) is 6.92 Å². The van der Waals surface area contributed by atoms with E-state index in [9.17, 15) is 9.90 Å². The minimum Gasteiger partial charge on any atom is -0.493 e. The van der Waals surface area contributed by atoms with E-state index < -0.39 is 11.9 Å². The van der Waals surface area contributed by atoms with Gasteiger partial charge in [-0.2, -0.15) is 0 Å². The summed E-state index contributed by atoms with van der Waals surface area (Å²) in [6.45, 7) is 1.86. The van der Waals surface area contributed by atoms with Gasteiger partial charge in [-0.05, 0) is 18.1 Å². The maximum Gasteiger partial charge on any atom is 0.312 e. The Morgan fingerprint density at radius 3 is 2.47 bits per heavy atom. The van der Waals surface area contributed by atoms with Gasteiger partial charge in [-0.15, -0.1) is 0 Å². The Morgan fingerprint density at radius 2 is 2.11 bits per heavy atom. The van der Waals surface area contributed by atoms with E-state index >= 15 is 0 Å². The molecule has 1 rings (SSSR count). The summed E-state index contributed by atoms with van der Waals surface area (Å²) in [5.74, 6) is -1.19. The zero-order valence-corrected chi connectivity index (χ0v) is 12.0. The van der Waals surface area contributed by atoms with Crippen molar-refractivity contribution in [1.29, 1.82) is 0 Å². The van der Waals surface area contributed by atoms with E-state index in [0.717, 1.165) is 5.56 Å². The molecule has 6 heteroatoms. The lowest BCUT2D eigenvalue weighted by Gasteiger charge is -2.20. The van der Waals surface area contributed by atoms with Gasteiger partial charge in [0, 0.05) is 12.1 Å². The third-order valence-corrected chi connectivity index (χ3v) is 3.43. The first-order valence-electron chi connectivity index (χ1n) is 5.87. The average molecular weight is 288 g/mol. The standard InChI is InChI=1S/C13H18ClNO4/c1-4-7-5-9(18-2)12(19-3)10(11(7)14)8(6-15)13(16)17/h5,8H,4,6,15H2,1-3H3,(H,16,17). The topological polar surface area (TPSA) is 81.8 Å². The van der Waals surface area contributed by atoms with Crippen molar-refractivity contribution in [2.45, 2.75) is 19.3 Å². The minimum absolute atomic E-state index is 0.0677. The highest BCUT2D eigenvalue weighted by Crippen LogP contribution is 2.42. The molecule has 0 aliphatic carbocycles. The molecular weight excluding hydrogens is 270 g/mol. The Bertz CT molecular complexity index is 476. The number of methoxy groups -OCH3 is 2. The maximum absolute atomic E-state index is 11.3. The SMILES string of the molecule is CCc1cc(OC)c(OC)c(C(CN)C(=O)O)c1Cl. The first kappa shape index (κ1) is 15.6. The van der Waals surface area contributed by atoms with Gasteiger partial charge in [0.2, 0.25) is 0 Å². The third kappa shape index (κ3) is 2.93. The predicted molar refractivity (Wildman–Crippen MR) is 73.4 cm³/mol. The Morgan fingerprint density at radius 1 is 1.47 bits per heavy atom. The molecule has 106 valence electrons. The smallest absolute Gasteiger partial charge is 0.312 e. The van der Waals surface area contributed by atoms with Crippen molar-refractivity contribution in [3.63, 3.8) is 0 Å². The number of carbonyl (C=O) groups is 1. The van der Waals surface area contributed by atoms with E-state index in [2.05, 4.69) is 0 Å². The molecule has 0 aromatic heterocycles. The number of carboxylic acid groups (broad SMARTS) is 1. The van der Waals surface area contributed by atoms with Gasteiger partial charge in [0.05, 0.1) is 25.2 Å². The van der Waals surface area contributed by atoms with Crippen molar-refractivity contribution in [3.05, 3.63) is 22.2 Å². The van der Waals surface area contributed by atoms with Crippen LogP contribution in [0.2, 0.25) is 5.02 Å². The summed E-state index contributed by atoms with van der Waals surface area (Å²) < 4.78 is 10.5. The van der Waals surface area contributed by atoms with Gasteiger partial charge >= 0.3 is 5.97 Å². The number of hydrogen-bond donors (Lipinski definition) is 2. The third-order valence-electron chi connectivity index (χ3n) is 2.98. The van der Waals surface area contributed by atoms with E-state index in [4.69, 9.17) is 26.8 Å². The number of carboxylic acids is 1. The quantitative estimate of drug-likeness (QED) is 0.837. The number of nitrogens with two attached hydrogens (primary N) is 1. The Kier molecular flexibility index (Phi) is 5.44. The lowest BCUT2D eigenvalue weighted by Crippen LogP contribution is -2.22. The first-order chi connectivity index (χ1) is 9.01. The van der Waals surface area contributed by atoms with E-state index in [0.29, 0.717) is 28.5 Å². The molecule has 0 heterocycles. The highest BCUT2D eigenvalue weighted by molar-refractivity contribution is 6.32. The van der Waals surface area contributed by atoms with E-state index in [-0.39, 0.29) is 6.54 Å². The van der Waals surface area contributed by atoms with Crippen LogP contribution in [0.25, 0.3) is 0 Å². The van der Waals surface area contributed by atoms with Crippen LogP contribution in [0.15, 0.2) is 6.07 Å². The largest absolute Gasteiger partial charge is 0.493 e. The monoisotopic (exact) mass is 287 g/mol. The number of rotatable bonds is 6. The lowest BCUT2D eigenvalue weighted by atomic mass is 9.94. The van der Waals surface area contributed by atoms with Crippen molar-refractivity contribution in [2.75, 3.05) is 20.8 Å². The van der Waals surface area contributed by atoms with E-state index in [1.165, 1.54) is 14.2 Å². The highest BCUT2D eigenvalue weighted by atomic mass is 35.5. The van der Waals surface area contributed by atoms with Crippen LogP contribution in [0.1, 0.15) is 24.0 Å². The lowest BCUT2D eigenvalue weighted by molar-refractivity contribution is -0.138. The molecule has 1 aromatic rings. The van der Waals surface area contributed by atoms with Gasteiger partial charge in [0.15, 0.2) is 11.5 Å². The fourth-order valence-electron chi connectivity index (χ4n) is 1.97. The predicted octanol–water partition coefficient (Wildman–Crippen LogP) is 2.05. The second kappa shape index (κ2) is 6.63. The molecule has 0 aliphatic rings. The summed E-state index contributed by atoms with van der Waals surface area (Å²) in [4.78, 5) is 11.3. The second-order valence-electron chi connectivity index (χ2n) is 3.98. The molecule has 0 saturated carbocycles. The zero-order chi connectivity index (χ0) is 14.6. The molecule has 0 radical (unpaired) electrons. The molecule has 19 heavy (non-hydrogen) atoms. The van der Waals surface area contributed by atoms with Crippen LogP contribution in [0.5, 0.6) is 11.5 Å². The Labute approximate surface area is 117 Å². The molecule has 1 unspecified atom stereocenters. The molecule has 0 spiro atoms. The van der Waals surface area contributed by atoms with Crippen LogP contribution in [0.4, 0.5) is 0 Å². The van der Waals surface area contributed by atoms with Gasteiger partial charge in [-0.25, -0.2) is 0 Å². The first-order valence-corrected chi connectivity index (χ1v) is 6.25. The molecule has 0 fully saturated rings. The molecule has 5 nitrogen and oxygen atoms in total. The van der Waals surface area contributed by atoms with Crippen molar-refractivity contribution < 1.29 is 19.4 Å². The van der Waals surface area contributed by atoms with Crippen LogP contribution in [0.3, 0.4) is 0 Å². The fourth-order valence-corrected chi connectivity index (χ4v) is 2.37. The summed E-state index contributed by atoms with van der Waals surface area (Å²) in [5, 5.41) is 9.64. The number of ether oxygens (including phenoxy) is 2. The van der Waals surface area contributed by atoms with Crippen molar-refractivity contribution in [3.8, 4) is 11.5 Å². The highest BCUT2D eigenvalue weighted by Gasteiger charge is 2.28. The Balaban J connectivity index is 3.61. The van der Waals surface area contributed by atoms with Crippen LogP contribution < -0.4 is 15.2 Å². The van der Waals surface area contributed by atoms with Gasteiger partial charge in [0.25, 0.3) is 0 Å². The molecule has 1 aromatic carbocycles. The normalized spacial score (nSPS) is 12.1. The molecule has 1 atom stereocenters. The number of benzene rings is 1. The molecule has 0 amide bonds. The van der Waals surface area contributed by atoms with Gasteiger partial charge in [-0.3, -0.25) is 4.79 Å². The second-order valence-corrected chi connectivity index (χ2v) is 4.36. The van der Waals surface area contributed by atoms with Gasteiger partial charge in [0.1, 0.15) is 0 Å². The van der Waals surface area contributed by atoms with Crippen LogP contribution in [0, 0.1) is 0 Å². The van der Waals surface area contributed by atoms with Crippen molar-refractivity contribution >= 4 is 17.6 Å². The zero-order valence-electron chi connectivity index (χ0n) is 11.2. The summed E-state index contributed by atoms with van der Waals surface area (Å²) in [6, 6.07) is 1.75. The Hall–Kier alpha value is -1.46. The van der Waals surface area contributed by atoms with Crippen molar-refractivity contribution in [1.82, 2.24) is 0 Å². The molecule has 0 aliphatic heterocycles. The van der Waals surface area contributed by atoms with Gasteiger partial charge < -0.3 is 20.3 Å². The maximum atomic E-state index is 11.3. The van der Waals surface area contributed by atoms with E-state index in [1.54, 1.807) is 6.07 Å². The molecule has 0 bridgehead atoms. The molecule has 0 saturated heterocycles. The number of hydrogen-bond acceptors (Lipinski definition) is 4. The number of halogens is 1.